The fourth-order valence-electron chi connectivity index (χ4n) is 3.85. The molecule has 1 N–H and O–H groups in total. The zero-order valence-corrected chi connectivity index (χ0v) is 17.8. The smallest absolute Gasteiger partial charge is 0.241 e. The first-order valence-electron chi connectivity index (χ1n) is 10.4. The Hall–Kier alpha value is -2.87. The van der Waals surface area contributed by atoms with Crippen LogP contribution in [0.5, 0.6) is 0 Å². The quantitative estimate of drug-likeness (QED) is 0.622. The Bertz CT molecular complexity index is 1050. The average molecular weight is 410 g/mol. The summed E-state index contributed by atoms with van der Waals surface area (Å²) in [5.74, 6) is 0.612. The van der Waals surface area contributed by atoms with E-state index >= 15 is 0 Å². The molecule has 0 saturated carbocycles. The number of hydrogen-bond acceptors (Lipinski definition) is 6. The number of nitrogens with zero attached hydrogens (tertiary/aromatic N) is 6. The number of halogens is 1. The van der Waals surface area contributed by atoms with Gasteiger partial charge in [0.15, 0.2) is 0 Å². The van der Waals surface area contributed by atoms with E-state index in [2.05, 4.69) is 25.3 Å². The number of aliphatic imine (C=N–C) groups is 1. The molecule has 0 aromatic carbocycles. The molecule has 8 heteroatoms. The van der Waals surface area contributed by atoms with E-state index in [9.17, 15) is 4.39 Å². The highest BCUT2D eigenvalue weighted by atomic mass is 19.1. The highest BCUT2D eigenvalue weighted by molar-refractivity contribution is 5.83. The summed E-state index contributed by atoms with van der Waals surface area (Å²) in [5.41, 5.74) is 5.57. The van der Waals surface area contributed by atoms with E-state index in [4.69, 9.17) is 4.98 Å². The first-order valence-corrected chi connectivity index (χ1v) is 10.4. The molecule has 1 saturated heterocycles. The molecule has 4 rings (SSSR count). The monoisotopic (exact) mass is 409 g/mol. The van der Waals surface area contributed by atoms with Crippen LogP contribution in [0.15, 0.2) is 35.6 Å². The number of likely N-dealkylation sites (tertiary alicyclic amines) is 1. The molecule has 30 heavy (non-hydrogen) atoms. The van der Waals surface area contributed by atoms with Gasteiger partial charge in [0, 0.05) is 43.1 Å². The standard InChI is InChI=1S/C22H28FN7/c1-15(2)25-19-4-5-20(26-16(19)3)18-8-12-30-21(18)14-24-22(28-30)27-17-6-10-29(11-7-17)13-9-23/h4-5,8,12,14,17H,6-7,9-11,13H2,1-3H3,(H,27,28). The van der Waals surface area contributed by atoms with Crippen LogP contribution in [0.1, 0.15) is 32.4 Å². The van der Waals surface area contributed by atoms with Crippen molar-refractivity contribution in [2.75, 3.05) is 31.6 Å². The Morgan fingerprint density at radius 2 is 2.03 bits per heavy atom. The molecule has 0 radical (unpaired) electrons. The normalized spacial score (nSPS) is 15.5. The summed E-state index contributed by atoms with van der Waals surface area (Å²) in [6, 6.07) is 6.31. The van der Waals surface area contributed by atoms with Crippen molar-refractivity contribution >= 4 is 22.9 Å². The molecule has 7 nitrogen and oxygen atoms in total. The molecule has 0 atom stereocenters. The minimum Gasteiger partial charge on any atom is -0.350 e. The van der Waals surface area contributed by atoms with Gasteiger partial charge in [0.2, 0.25) is 5.95 Å². The lowest BCUT2D eigenvalue weighted by atomic mass is 10.1. The molecule has 0 aliphatic carbocycles. The van der Waals surface area contributed by atoms with Gasteiger partial charge in [-0.05, 0) is 51.8 Å². The molecule has 0 bridgehead atoms. The SMILES string of the molecule is CC(C)=Nc1ccc(-c2ccn3nc(NC4CCN(CCF)CC4)ncc23)nc1C. The maximum atomic E-state index is 12.5. The van der Waals surface area contributed by atoms with Gasteiger partial charge < -0.3 is 10.2 Å². The topological polar surface area (TPSA) is 70.7 Å². The van der Waals surface area contributed by atoms with E-state index < -0.39 is 0 Å². The van der Waals surface area contributed by atoms with E-state index in [0.717, 1.165) is 59.8 Å². The minimum absolute atomic E-state index is 0.281. The van der Waals surface area contributed by atoms with Crippen molar-refractivity contribution in [3.63, 3.8) is 0 Å². The van der Waals surface area contributed by atoms with Crippen LogP contribution >= 0.6 is 0 Å². The Labute approximate surface area is 176 Å². The minimum atomic E-state index is -0.281. The van der Waals surface area contributed by atoms with Crippen LogP contribution < -0.4 is 5.32 Å². The van der Waals surface area contributed by atoms with Crippen molar-refractivity contribution in [1.29, 1.82) is 0 Å². The molecule has 0 amide bonds. The predicted octanol–water partition coefficient (Wildman–Crippen LogP) is 4.06. The average Bonchev–Trinajstić information content (AvgIpc) is 3.14. The lowest BCUT2D eigenvalue weighted by Crippen LogP contribution is -2.40. The van der Waals surface area contributed by atoms with Gasteiger partial charge >= 0.3 is 0 Å². The van der Waals surface area contributed by atoms with Crippen molar-refractivity contribution in [2.45, 2.75) is 39.7 Å². The van der Waals surface area contributed by atoms with Gasteiger partial charge in [0.25, 0.3) is 0 Å². The van der Waals surface area contributed by atoms with Gasteiger partial charge in [-0.1, -0.05) is 0 Å². The highest BCUT2D eigenvalue weighted by Gasteiger charge is 2.20. The van der Waals surface area contributed by atoms with Crippen LogP contribution in [0.25, 0.3) is 16.8 Å². The number of nitrogens with one attached hydrogen (secondary N) is 1. The molecule has 3 aromatic rings. The summed E-state index contributed by atoms with van der Waals surface area (Å²) >= 11 is 0. The summed E-state index contributed by atoms with van der Waals surface area (Å²) < 4.78 is 14.3. The molecule has 1 aliphatic heterocycles. The first-order chi connectivity index (χ1) is 14.5. The second kappa shape index (κ2) is 8.87. The summed E-state index contributed by atoms with van der Waals surface area (Å²) in [6.07, 6.45) is 5.70. The van der Waals surface area contributed by atoms with Crippen LogP contribution in [-0.4, -0.2) is 62.5 Å². The molecule has 0 spiro atoms. The lowest BCUT2D eigenvalue weighted by molar-refractivity contribution is 0.202. The molecule has 4 heterocycles. The van der Waals surface area contributed by atoms with Crippen molar-refractivity contribution in [1.82, 2.24) is 24.5 Å². The summed E-state index contributed by atoms with van der Waals surface area (Å²) in [6.45, 7) is 7.98. The fraction of sp³-hybridized carbons (Fsp3) is 0.455. The van der Waals surface area contributed by atoms with Gasteiger partial charge in [-0.3, -0.25) is 9.98 Å². The Kier molecular flexibility index (Phi) is 6.03. The molecule has 1 aliphatic rings. The van der Waals surface area contributed by atoms with Crippen LogP contribution in [0.3, 0.4) is 0 Å². The third kappa shape index (κ3) is 4.48. The van der Waals surface area contributed by atoms with E-state index in [0.29, 0.717) is 18.5 Å². The number of rotatable bonds is 6. The number of pyridine rings is 1. The maximum absolute atomic E-state index is 12.5. The number of alkyl halides is 1. The van der Waals surface area contributed by atoms with Gasteiger partial charge in [-0.2, -0.15) is 0 Å². The van der Waals surface area contributed by atoms with E-state index in [1.807, 2.05) is 55.9 Å². The Morgan fingerprint density at radius 1 is 1.23 bits per heavy atom. The van der Waals surface area contributed by atoms with Crippen molar-refractivity contribution in [2.24, 2.45) is 4.99 Å². The summed E-state index contributed by atoms with van der Waals surface area (Å²) in [4.78, 5) is 15.9. The van der Waals surface area contributed by atoms with Gasteiger partial charge in [-0.15, -0.1) is 5.10 Å². The molecule has 1 fully saturated rings. The van der Waals surface area contributed by atoms with Gasteiger partial charge in [0.1, 0.15) is 6.67 Å². The fourth-order valence-corrected chi connectivity index (χ4v) is 3.85. The molecular formula is C22H28FN7. The third-order valence-electron chi connectivity index (χ3n) is 5.42. The lowest BCUT2D eigenvalue weighted by Gasteiger charge is -2.31. The van der Waals surface area contributed by atoms with Crippen LogP contribution in [0, 0.1) is 6.92 Å². The molecule has 158 valence electrons. The van der Waals surface area contributed by atoms with Crippen LogP contribution in [0.4, 0.5) is 16.0 Å². The molecule has 3 aromatic heterocycles. The van der Waals surface area contributed by atoms with Crippen LogP contribution in [-0.2, 0) is 0 Å². The third-order valence-corrected chi connectivity index (χ3v) is 5.42. The van der Waals surface area contributed by atoms with E-state index in [1.54, 1.807) is 0 Å². The van der Waals surface area contributed by atoms with Crippen molar-refractivity contribution in [3.8, 4) is 11.3 Å². The highest BCUT2D eigenvalue weighted by Crippen LogP contribution is 2.27. The van der Waals surface area contributed by atoms with Crippen molar-refractivity contribution in [3.05, 3.63) is 36.3 Å². The van der Waals surface area contributed by atoms with E-state index in [1.165, 1.54) is 0 Å². The number of aromatic nitrogens is 4. The van der Waals surface area contributed by atoms with E-state index in [-0.39, 0.29) is 6.67 Å². The Morgan fingerprint density at radius 3 is 2.73 bits per heavy atom. The van der Waals surface area contributed by atoms with Crippen LogP contribution in [0.2, 0.25) is 0 Å². The second-order valence-corrected chi connectivity index (χ2v) is 7.95. The number of piperidine rings is 1. The largest absolute Gasteiger partial charge is 0.350 e. The zero-order chi connectivity index (χ0) is 21.1. The maximum Gasteiger partial charge on any atom is 0.241 e. The summed E-state index contributed by atoms with van der Waals surface area (Å²) in [5, 5.41) is 8.05. The first kappa shape index (κ1) is 20.4. The number of fused-ring (bicyclic) bond motifs is 1. The van der Waals surface area contributed by atoms with Gasteiger partial charge in [0.05, 0.1) is 28.8 Å². The Balaban J connectivity index is 1.50. The molecular weight excluding hydrogens is 381 g/mol. The second-order valence-electron chi connectivity index (χ2n) is 7.95. The number of anilines is 1. The number of hydrogen-bond donors (Lipinski definition) is 1. The zero-order valence-electron chi connectivity index (χ0n) is 17.8. The van der Waals surface area contributed by atoms with Crippen molar-refractivity contribution < 1.29 is 4.39 Å². The molecule has 0 unspecified atom stereocenters. The van der Waals surface area contributed by atoms with Gasteiger partial charge in [-0.25, -0.2) is 13.9 Å². The number of aryl methyl sites for hydroxylation is 1. The summed E-state index contributed by atoms with van der Waals surface area (Å²) in [7, 11) is 0. The predicted molar refractivity (Wildman–Crippen MR) is 118 cm³/mol.